The van der Waals surface area contributed by atoms with Gasteiger partial charge >= 0.3 is 0 Å². The molecule has 4 aromatic rings. The van der Waals surface area contributed by atoms with Gasteiger partial charge in [0.2, 0.25) is 10.0 Å². The summed E-state index contributed by atoms with van der Waals surface area (Å²) in [5, 5.41) is 4.59. The van der Waals surface area contributed by atoms with Crippen molar-refractivity contribution in [3.8, 4) is 17.1 Å². The van der Waals surface area contributed by atoms with Gasteiger partial charge in [-0.3, -0.25) is 4.57 Å². The first-order chi connectivity index (χ1) is 16.3. The van der Waals surface area contributed by atoms with Gasteiger partial charge < -0.3 is 5.32 Å². The molecule has 1 atom stereocenters. The van der Waals surface area contributed by atoms with Gasteiger partial charge in [-0.05, 0) is 49.2 Å². The first kappa shape index (κ1) is 23.0. The van der Waals surface area contributed by atoms with Crippen molar-refractivity contribution in [2.75, 3.05) is 24.7 Å². The van der Waals surface area contributed by atoms with E-state index in [1.807, 2.05) is 41.0 Å². The SMILES string of the molecule is CS(=O)(=O)N1CCC[C@H](Nc2ncnc3c2nc(-c2ccccc2Cl)n3-c2ccc(Cl)cc2)C1. The summed E-state index contributed by atoms with van der Waals surface area (Å²) in [7, 11) is -3.26. The minimum Gasteiger partial charge on any atom is -0.364 e. The molecule has 0 aliphatic carbocycles. The number of hydrogen-bond donors (Lipinski definition) is 1. The van der Waals surface area contributed by atoms with Crippen LogP contribution >= 0.6 is 23.2 Å². The molecule has 1 saturated heterocycles. The highest BCUT2D eigenvalue weighted by molar-refractivity contribution is 7.88. The van der Waals surface area contributed by atoms with Crippen molar-refractivity contribution in [2.24, 2.45) is 0 Å². The maximum absolute atomic E-state index is 12.0. The van der Waals surface area contributed by atoms with Crippen LogP contribution in [-0.4, -0.2) is 57.6 Å². The number of halogens is 2. The standard InChI is InChI=1S/C23H22Cl2N6O2S/c1-34(32,33)30-12-4-5-16(13-30)28-21-20-23(27-14-26-21)31(17-10-8-15(24)9-11-17)22(29-20)18-6-2-3-7-19(18)25/h2-3,6-11,14,16H,4-5,12-13H2,1H3,(H,26,27,28)/t16-/m0/s1. The Morgan fingerprint density at radius 2 is 1.82 bits per heavy atom. The van der Waals surface area contributed by atoms with E-state index in [0.717, 1.165) is 24.1 Å². The van der Waals surface area contributed by atoms with E-state index in [-0.39, 0.29) is 6.04 Å². The monoisotopic (exact) mass is 516 g/mol. The predicted octanol–water partition coefficient (Wildman–Crippen LogP) is 4.63. The van der Waals surface area contributed by atoms with Gasteiger partial charge in [0, 0.05) is 35.4 Å². The van der Waals surface area contributed by atoms with E-state index in [1.165, 1.54) is 16.9 Å². The van der Waals surface area contributed by atoms with Crippen LogP contribution in [0.5, 0.6) is 0 Å². The van der Waals surface area contributed by atoms with Gasteiger partial charge in [-0.2, -0.15) is 0 Å². The maximum atomic E-state index is 12.0. The fraction of sp³-hybridized carbons (Fsp3) is 0.261. The number of imidazole rings is 1. The number of anilines is 1. The number of nitrogens with one attached hydrogen (secondary N) is 1. The smallest absolute Gasteiger partial charge is 0.211 e. The fourth-order valence-electron chi connectivity index (χ4n) is 4.21. The average Bonchev–Trinajstić information content (AvgIpc) is 3.20. The lowest BCUT2D eigenvalue weighted by Gasteiger charge is -2.31. The maximum Gasteiger partial charge on any atom is 0.211 e. The Kier molecular flexibility index (Phi) is 6.20. The number of rotatable bonds is 5. The van der Waals surface area contributed by atoms with Crippen molar-refractivity contribution in [3.63, 3.8) is 0 Å². The largest absolute Gasteiger partial charge is 0.364 e. The molecule has 8 nitrogen and oxygen atoms in total. The molecule has 0 bridgehead atoms. The van der Waals surface area contributed by atoms with E-state index in [1.54, 1.807) is 12.1 Å². The second kappa shape index (κ2) is 9.14. The summed E-state index contributed by atoms with van der Waals surface area (Å²) in [5.41, 5.74) is 2.76. The van der Waals surface area contributed by atoms with Gasteiger partial charge in [-0.1, -0.05) is 35.3 Å². The Bertz CT molecular complexity index is 1460. The van der Waals surface area contributed by atoms with Gasteiger partial charge in [0.1, 0.15) is 12.2 Å². The molecule has 1 fully saturated rings. The lowest BCUT2D eigenvalue weighted by Crippen LogP contribution is -2.44. The van der Waals surface area contributed by atoms with E-state index in [2.05, 4.69) is 15.3 Å². The van der Waals surface area contributed by atoms with Gasteiger partial charge in [0.05, 0.1) is 11.3 Å². The lowest BCUT2D eigenvalue weighted by molar-refractivity contribution is 0.329. The molecule has 2 aromatic carbocycles. The Balaban J connectivity index is 1.63. The van der Waals surface area contributed by atoms with Gasteiger partial charge in [-0.25, -0.2) is 27.7 Å². The fourth-order valence-corrected chi connectivity index (χ4v) is 5.47. The van der Waals surface area contributed by atoms with Crippen LogP contribution in [0.2, 0.25) is 10.0 Å². The van der Waals surface area contributed by atoms with Gasteiger partial charge in [0.25, 0.3) is 0 Å². The average molecular weight is 517 g/mol. The molecule has 34 heavy (non-hydrogen) atoms. The van der Waals surface area contributed by atoms with Crippen LogP contribution in [-0.2, 0) is 10.0 Å². The summed E-state index contributed by atoms with van der Waals surface area (Å²) in [6.45, 7) is 0.900. The van der Waals surface area contributed by atoms with Crippen molar-refractivity contribution >= 4 is 50.2 Å². The zero-order chi connectivity index (χ0) is 23.9. The third-order valence-electron chi connectivity index (χ3n) is 5.84. The van der Waals surface area contributed by atoms with Crippen LogP contribution in [0.3, 0.4) is 0 Å². The summed E-state index contributed by atoms with van der Waals surface area (Å²) in [5.74, 6) is 1.17. The zero-order valence-electron chi connectivity index (χ0n) is 18.3. The van der Waals surface area contributed by atoms with Crippen LogP contribution in [0.4, 0.5) is 5.82 Å². The Morgan fingerprint density at radius 1 is 1.06 bits per heavy atom. The summed E-state index contributed by atoms with van der Waals surface area (Å²) >= 11 is 12.7. The Hall–Kier alpha value is -2.72. The molecule has 1 N–H and O–H groups in total. The summed E-state index contributed by atoms with van der Waals surface area (Å²) in [6, 6.07) is 14.8. The molecule has 176 valence electrons. The number of benzene rings is 2. The summed E-state index contributed by atoms with van der Waals surface area (Å²) in [6.07, 6.45) is 4.31. The Labute approximate surface area is 207 Å². The third kappa shape index (κ3) is 4.48. The molecule has 1 aliphatic rings. The first-order valence-electron chi connectivity index (χ1n) is 10.8. The highest BCUT2D eigenvalue weighted by Crippen LogP contribution is 2.34. The van der Waals surface area contributed by atoms with Crippen LogP contribution in [0, 0.1) is 0 Å². The molecular weight excluding hydrogens is 495 g/mol. The molecule has 0 saturated carbocycles. The number of piperidine rings is 1. The minimum atomic E-state index is -3.26. The number of aromatic nitrogens is 4. The van der Waals surface area contributed by atoms with Crippen molar-refractivity contribution in [3.05, 3.63) is 64.9 Å². The highest BCUT2D eigenvalue weighted by atomic mass is 35.5. The molecule has 11 heteroatoms. The van der Waals surface area contributed by atoms with Crippen molar-refractivity contribution in [1.82, 2.24) is 23.8 Å². The number of fused-ring (bicyclic) bond motifs is 1. The van der Waals surface area contributed by atoms with Crippen LogP contribution in [0.1, 0.15) is 12.8 Å². The first-order valence-corrected chi connectivity index (χ1v) is 13.4. The van der Waals surface area contributed by atoms with E-state index >= 15 is 0 Å². The van der Waals surface area contributed by atoms with Gasteiger partial charge in [-0.15, -0.1) is 0 Å². The normalized spacial score (nSPS) is 17.2. The molecule has 0 amide bonds. The molecule has 1 aliphatic heterocycles. The quantitative estimate of drug-likeness (QED) is 0.415. The zero-order valence-corrected chi connectivity index (χ0v) is 20.6. The van der Waals surface area contributed by atoms with Crippen molar-refractivity contribution in [2.45, 2.75) is 18.9 Å². The van der Waals surface area contributed by atoms with E-state index < -0.39 is 10.0 Å². The van der Waals surface area contributed by atoms with E-state index in [9.17, 15) is 8.42 Å². The molecule has 3 heterocycles. The Morgan fingerprint density at radius 3 is 2.56 bits per heavy atom. The summed E-state index contributed by atoms with van der Waals surface area (Å²) < 4.78 is 27.5. The lowest BCUT2D eigenvalue weighted by atomic mass is 10.1. The summed E-state index contributed by atoms with van der Waals surface area (Å²) in [4.78, 5) is 13.9. The molecule has 0 unspecified atom stereocenters. The molecule has 0 radical (unpaired) electrons. The minimum absolute atomic E-state index is 0.0916. The predicted molar refractivity (Wildman–Crippen MR) is 135 cm³/mol. The third-order valence-corrected chi connectivity index (χ3v) is 7.69. The second-order valence-corrected chi connectivity index (χ2v) is 11.1. The van der Waals surface area contributed by atoms with E-state index in [0.29, 0.717) is 45.9 Å². The van der Waals surface area contributed by atoms with E-state index in [4.69, 9.17) is 28.2 Å². The van der Waals surface area contributed by atoms with Crippen LogP contribution < -0.4 is 5.32 Å². The molecule has 5 rings (SSSR count). The van der Waals surface area contributed by atoms with Crippen LogP contribution in [0.25, 0.3) is 28.2 Å². The van der Waals surface area contributed by atoms with Crippen molar-refractivity contribution < 1.29 is 8.42 Å². The topological polar surface area (TPSA) is 93.0 Å². The second-order valence-electron chi connectivity index (χ2n) is 8.23. The molecule has 0 spiro atoms. The highest BCUT2D eigenvalue weighted by Gasteiger charge is 2.27. The number of nitrogens with zero attached hydrogens (tertiary/aromatic N) is 5. The van der Waals surface area contributed by atoms with Gasteiger partial charge in [0.15, 0.2) is 17.0 Å². The van der Waals surface area contributed by atoms with Crippen molar-refractivity contribution in [1.29, 1.82) is 0 Å². The molecular formula is C23H22Cl2N6O2S. The number of sulfonamides is 1. The van der Waals surface area contributed by atoms with Crippen LogP contribution in [0.15, 0.2) is 54.9 Å². The number of hydrogen-bond acceptors (Lipinski definition) is 6. The molecule has 2 aromatic heterocycles.